The molecule has 4 aliphatic rings. The second-order valence-corrected chi connectivity index (χ2v) is 13.9. The van der Waals surface area contributed by atoms with Gasteiger partial charge in [0.1, 0.15) is 12.4 Å². The zero-order chi connectivity index (χ0) is 34.8. The van der Waals surface area contributed by atoms with Crippen LogP contribution < -0.4 is 15.4 Å². The number of nitrogens with two attached hydrogens (primary N) is 1. The summed E-state index contributed by atoms with van der Waals surface area (Å²) in [5.41, 5.74) is 6.10. The van der Waals surface area contributed by atoms with Crippen molar-refractivity contribution >= 4 is 29.0 Å². The average Bonchev–Trinajstić information content (AvgIpc) is 3.66. The van der Waals surface area contributed by atoms with Gasteiger partial charge in [-0.3, -0.25) is 14.4 Å². The van der Waals surface area contributed by atoms with Crippen molar-refractivity contribution in [2.75, 3.05) is 51.0 Å². The van der Waals surface area contributed by atoms with Crippen molar-refractivity contribution in [3.63, 3.8) is 0 Å². The molecule has 2 saturated heterocycles. The number of fused-ring (bicyclic) bond motifs is 3. The molecule has 1 amide bonds. The highest BCUT2D eigenvalue weighted by atomic mass is 35.5. The molecule has 6 heterocycles. The summed E-state index contributed by atoms with van der Waals surface area (Å²) in [7, 11) is 3.32. The van der Waals surface area contributed by atoms with Crippen molar-refractivity contribution in [2.45, 2.75) is 69.6 Å². The Balaban J connectivity index is 1.27. The molecular formula is C33H37ClF4N8O3. The number of rotatable bonds is 6. The fraction of sp³-hybridized carbons (Fsp3) is 0.515. The van der Waals surface area contributed by atoms with Crippen LogP contribution in [0.5, 0.6) is 6.01 Å². The predicted molar refractivity (Wildman–Crippen MR) is 173 cm³/mol. The third-order valence-corrected chi connectivity index (χ3v) is 10.2. The molecule has 7 rings (SSSR count). The maximum absolute atomic E-state index is 15.4. The van der Waals surface area contributed by atoms with Gasteiger partial charge in [0.15, 0.2) is 11.5 Å². The molecule has 3 aromatic rings. The Morgan fingerprint density at radius 1 is 1.20 bits per heavy atom. The van der Waals surface area contributed by atoms with Gasteiger partial charge in [0.05, 0.1) is 52.5 Å². The van der Waals surface area contributed by atoms with E-state index in [-0.39, 0.29) is 30.5 Å². The molecule has 2 N–H and O–H groups in total. The van der Waals surface area contributed by atoms with E-state index in [1.165, 1.54) is 4.90 Å². The summed E-state index contributed by atoms with van der Waals surface area (Å²) < 4.78 is 72.3. The maximum atomic E-state index is 15.4. The van der Waals surface area contributed by atoms with E-state index in [9.17, 15) is 18.0 Å². The Hall–Kier alpha value is -3.95. The molecule has 16 heteroatoms. The minimum atomic E-state index is -4.96. The number of carbonyl (C=O) groups excluding carboxylic acids is 1. The van der Waals surface area contributed by atoms with Crippen molar-refractivity contribution in [3.05, 3.63) is 68.9 Å². The molecule has 0 saturated carbocycles. The van der Waals surface area contributed by atoms with Gasteiger partial charge in [-0.05, 0) is 44.4 Å². The number of hydrogen-bond donors (Lipinski definition) is 1. The van der Waals surface area contributed by atoms with Crippen molar-refractivity contribution in [2.24, 2.45) is 0 Å². The highest BCUT2D eigenvalue weighted by Crippen LogP contribution is 2.46. The van der Waals surface area contributed by atoms with Crippen molar-refractivity contribution in [1.82, 2.24) is 29.5 Å². The van der Waals surface area contributed by atoms with Crippen molar-refractivity contribution in [1.29, 1.82) is 0 Å². The number of hydrogen-bond acceptors (Lipinski definition) is 9. The van der Waals surface area contributed by atoms with Crippen LogP contribution in [-0.2, 0) is 37.0 Å². The first-order valence-electron chi connectivity index (χ1n) is 16.2. The Morgan fingerprint density at radius 2 is 2.00 bits per heavy atom. The van der Waals surface area contributed by atoms with Crippen LogP contribution in [0.3, 0.4) is 0 Å². The van der Waals surface area contributed by atoms with E-state index in [0.29, 0.717) is 55.4 Å². The zero-order valence-corrected chi connectivity index (χ0v) is 28.0. The summed E-state index contributed by atoms with van der Waals surface area (Å²) in [6, 6.07) is 2.58. The lowest BCUT2D eigenvalue weighted by atomic mass is 9.93. The topological polar surface area (TPSA) is 115 Å². The van der Waals surface area contributed by atoms with Crippen LogP contribution in [0, 0.1) is 5.82 Å². The molecule has 0 radical (unpaired) electrons. The van der Waals surface area contributed by atoms with Crippen LogP contribution in [0.15, 0.2) is 24.3 Å². The molecule has 1 aromatic carbocycles. The van der Waals surface area contributed by atoms with Gasteiger partial charge in [-0.2, -0.15) is 28.2 Å². The minimum Gasteiger partial charge on any atom is -0.461 e. The average molecular weight is 705 g/mol. The lowest BCUT2D eigenvalue weighted by Crippen LogP contribution is -2.43. The van der Waals surface area contributed by atoms with E-state index in [1.54, 1.807) is 24.8 Å². The van der Waals surface area contributed by atoms with Gasteiger partial charge < -0.3 is 25.0 Å². The van der Waals surface area contributed by atoms with Gasteiger partial charge in [-0.1, -0.05) is 23.8 Å². The molecule has 49 heavy (non-hydrogen) atoms. The van der Waals surface area contributed by atoms with E-state index in [2.05, 4.69) is 16.6 Å². The van der Waals surface area contributed by atoms with Gasteiger partial charge >= 0.3 is 12.2 Å². The van der Waals surface area contributed by atoms with E-state index in [4.69, 9.17) is 36.8 Å². The number of aromatic nitrogens is 4. The lowest BCUT2D eigenvalue weighted by molar-refractivity contribution is -0.140. The van der Waals surface area contributed by atoms with E-state index in [0.717, 1.165) is 49.7 Å². The molecule has 2 fully saturated rings. The van der Waals surface area contributed by atoms with Gasteiger partial charge in [0.25, 0.3) is 5.91 Å². The number of carbonyl (C=O) groups is 1. The highest BCUT2D eigenvalue weighted by molar-refractivity contribution is 6.31. The van der Waals surface area contributed by atoms with Crippen LogP contribution in [0.2, 0.25) is 5.02 Å². The molecule has 0 bridgehead atoms. The van der Waals surface area contributed by atoms with Crippen LogP contribution in [0.25, 0.3) is 0 Å². The number of amides is 1. The van der Waals surface area contributed by atoms with Gasteiger partial charge in [0.2, 0.25) is 0 Å². The summed E-state index contributed by atoms with van der Waals surface area (Å²) >= 11 is 6.00. The van der Waals surface area contributed by atoms with Crippen LogP contribution in [0.4, 0.5) is 29.1 Å². The molecular weight excluding hydrogens is 668 g/mol. The number of nitrogen functional groups attached to an aromatic ring is 1. The Kier molecular flexibility index (Phi) is 8.51. The lowest BCUT2D eigenvalue weighted by Gasteiger charge is -2.33. The predicted octanol–water partition coefficient (Wildman–Crippen LogP) is 5.17. The first-order valence-corrected chi connectivity index (χ1v) is 16.6. The summed E-state index contributed by atoms with van der Waals surface area (Å²) in [5, 5.41) is 3.81. The summed E-state index contributed by atoms with van der Waals surface area (Å²) in [6.45, 7) is 7.51. The quantitative estimate of drug-likeness (QED) is 0.211. The Bertz CT molecular complexity index is 1830. The molecule has 4 aliphatic heterocycles. The third-order valence-electron chi connectivity index (χ3n) is 9.89. The number of alkyl halides is 3. The smallest absolute Gasteiger partial charge is 0.418 e. The molecule has 262 valence electrons. The fourth-order valence-corrected chi connectivity index (χ4v) is 7.95. The molecule has 2 atom stereocenters. The molecule has 0 aliphatic carbocycles. The van der Waals surface area contributed by atoms with Gasteiger partial charge in [-0.25, -0.2) is 4.39 Å². The van der Waals surface area contributed by atoms with Crippen molar-refractivity contribution < 1.29 is 31.8 Å². The largest absolute Gasteiger partial charge is 0.461 e. The number of benzene rings is 1. The number of ether oxygens (including phenoxy) is 2. The molecule has 11 nitrogen and oxygen atoms in total. The Labute approximate surface area is 285 Å². The minimum absolute atomic E-state index is 0.0662. The second-order valence-electron chi connectivity index (χ2n) is 13.5. The van der Waals surface area contributed by atoms with Crippen LogP contribution in [0.1, 0.15) is 70.4 Å². The monoisotopic (exact) mass is 704 g/mol. The van der Waals surface area contributed by atoms with Crippen LogP contribution >= 0.6 is 11.6 Å². The summed E-state index contributed by atoms with van der Waals surface area (Å²) in [4.78, 5) is 28.1. The molecule has 2 aromatic heterocycles. The zero-order valence-electron chi connectivity index (χ0n) is 27.2. The number of aryl methyl sites for hydroxylation is 1. The molecule has 0 spiro atoms. The van der Waals surface area contributed by atoms with E-state index in [1.807, 2.05) is 4.90 Å². The second kappa shape index (κ2) is 12.4. The number of nitrogens with zero attached hydrogens (tertiary/aromatic N) is 7. The van der Waals surface area contributed by atoms with Gasteiger partial charge in [-0.15, -0.1) is 0 Å². The fourth-order valence-electron chi connectivity index (χ4n) is 7.62. The first-order chi connectivity index (χ1) is 23.2. The molecule has 0 unspecified atom stereocenters. The summed E-state index contributed by atoms with van der Waals surface area (Å²) in [5.74, 6) is -0.960. The first kappa shape index (κ1) is 33.5. The maximum Gasteiger partial charge on any atom is 0.418 e. The number of halogens is 5. The third kappa shape index (κ3) is 6.09. The summed E-state index contributed by atoms with van der Waals surface area (Å²) in [6.07, 6.45) is -3.13. The highest BCUT2D eigenvalue weighted by Gasteiger charge is 2.47. The normalized spacial score (nSPS) is 22.5. The Morgan fingerprint density at radius 3 is 2.76 bits per heavy atom. The van der Waals surface area contributed by atoms with E-state index >= 15 is 4.39 Å². The van der Waals surface area contributed by atoms with Crippen LogP contribution in [-0.4, -0.2) is 81.3 Å². The van der Waals surface area contributed by atoms with Crippen molar-refractivity contribution in [3.8, 4) is 6.01 Å². The van der Waals surface area contributed by atoms with Gasteiger partial charge in [0, 0.05) is 51.3 Å². The SMILES string of the molecule is C=C1CN2CCC[C@@]2(COc2nc3c(c(N4CCCn5nc(C(=O)N(C)C)cc5C4)n2)CO[C@H](c2c(F)c(N)cc(Cl)c2C(F)(F)F)C3)C1. The van der Waals surface area contributed by atoms with E-state index < -0.39 is 39.9 Å². The number of anilines is 2. The standard InChI is InChI=1S/C33H37ClF4N8O3/c1-18-13-32(6-4-8-45(32)14-18)17-49-31-40-23-12-25(26-27(33(36,37)38)21(34)11-22(39)28(26)35)48-16-20(23)29(41-31)44-7-5-9-46-19(15-44)10-24(42-46)30(47)43(2)3/h10-11,25H,1,4-9,12-17,39H2,2-3H3/t25-,32-/m0/s1.